The summed E-state index contributed by atoms with van der Waals surface area (Å²) in [6, 6.07) is 10.8. The largest absolute Gasteiger partial charge is 0.497 e. The number of aryl methyl sites for hydroxylation is 2. The van der Waals surface area contributed by atoms with Gasteiger partial charge in [-0.05, 0) is 43.7 Å². The van der Waals surface area contributed by atoms with Gasteiger partial charge in [0.2, 0.25) is 11.3 Å². The third kappa shape index (κ3) is 4.16. The van der Waals surface area contributed by atoms with E-state index in [1.807, 2.05) is 38.1 Å². The summed E-state index contributed by atoms with van der Waals surface area (Å²) in [5.41, 5.74) is 1.87. The lowest BCUT2D eigenvalue weighted by Crippen LogP contribution is -2.24. The highest BCUT2D eigenvalue weighted by Gasteiger charge is 2.18. The third-order valence-electron chi connectivity index (χ3n) is 4.85. The van der Waals surface area contributed by atoms with Crippen LogP contribution in [0.1, 0.15) is 34.4 Å². The van der Waals surface area contributed by atoms with Crippen LogP contribution >= 0.6 is 0 Å². The smallest absolute Gasteiger partial charge is 0.322 e. The van der Waals surface area contributed by atoms with Crippen LogP contribution in [0.5, 0.6) is 5.75 Å². The van der Waals surface area contributed by atoms with E-state index >= 15 is 0 Å². The predicted octanol–water partition coefficient (Wildman–Crippen LogP) is 2.96. The molecule has 31 heavy (non-hydrogen) atoms. The molecular weight excluding hydrogens is 398 g/mol. The monoisotopic (exact) mass is 419 g/mol. The first-order valence-corrected chi connectivity index (χ1v) is 9.76. The second-order valence-electron chi connectivity index (χ2n) is 6.96. The Balaban J connectivity index is 1.56. The fraction of sp³-hybridized carbons (Fsp3) is 0.227. The number of nitrogens with zero attached hydrogens (tertiary/aromatic N) is 4. The summed E-state index contributed by atoms with van der Waals surface area (Å²) < 4.78 is 12.4. The molecule has 1 aromatic carbocycles. The number of aromatic nitrogens is 4. The number of carbonyl (C=O) groups excluding carboxylic acids is 1. The van der Waals surface area contributed by atoms with E-state index in [0.29, 0.717) is 29.9 Å². The van der Waals surface area contributed by atoms with Gasteiger partial charge in [0.1, 0.15) is 17.0 Å². The maximum atomic E-state index is 12.8. The number of rotatable bonds is 6. The van der Waals surface area contributed by atoms with Gasteiger partial charge in [-0.2, -0.15) is 0 Å². The van der Waals surface area contributed by atoms with E-state index in [4.69, 9.17) is 9.15 Å². The number of amides is 1. The van der Waals surface area contributed by atoms with Crippen LogP contribution in [0, 0.1) is 6.92 Å². The maximum Gasteiger partial charge on any atom is 0.322 e. The Bertz CT molecular complexity index is 1310. The summed E-state index contributed by atoms with van der Waals surface area (Å²) in [4.78, 5) is 30.0. The Kier molecular flexibility index (Phi) is 5.48. The highest BCUT2D eigenvalue weighted by atomic mass is 16.5. The van der Waals surface area contributed by atoms with Gasteiger partial charge < -0.3 is 13.7 Å². The first kappa shape index (κ1) is 20.3. The number of carbonyl (C=O) groups is 1. The summed E-state index contributed by atoms with van der Waals surface area (Å²) >= 11 is 0. The Morgan fingerprint density at radius 3 is 2.65 bits per heavy atom. The van der Waals surface area contributed by atoms with Crippen molar-refractivity contribution in [1.82, 2.24) is 19.7 Å². The van der Waals surface area contributed by atoms with E-state index in [1.54, 1.807) is 23.8 Å². The van der Waals surface area contributed by atoms with E-state index in [0.717, 1.165) is 17.0 Å². The number of benzene rings is 1. The molecule has 0 spiro atoms. The number of anilines is 1. The number of hydrogen-bond donors (Lipinski definition) is 1. The van der Waals surface area contributed by atoms with Crippen molar-refractivity contribution in [2.45, 2.75) is 26.8 Å². The average molecular weight is 419 g/mol. The SMILES string of the molecule is CCn1cc(C(=O)Nc2nnc(Cc3ccc(OC)cc3)o2)c(=O)c2ccc(C)nc21. The molecule has 0 atom stereocenters. The molecule has 0 aliphatic carbocycles. The van der Waals surface area contributed by atoms with E-state index in [9.17, 15) is 9.59 Å². The topological polar surface area (TPSA) is 112 Å². The molecule has 0 fully saturated rings. The van der Waals surface area contributed by atoms with Crippen LogP contribution in [-0.4, -0.2) is 32.8 Å². The average Bonchev–Trinajstić information content (AvgIpc) is 3.21. The number of fused-ring (bicyclic) bond motifs is 1. The van der Waals surface area contributed by atoms with E-state index < -0.39 is 11.3 Å². The second kappa shape index (κ2) is 8.39. The molecule has 158 valence electrons. The van der Waals surface area contributed by atoms with Gasteiger partial charge in [-0.3, -0.25) is 14.9 Å². The Morgan fingerprint density at radius 2 is 1.94 bits per heavy atom. The van der Waals surface area contributed by atoms with E-state index in [2.05, 4.69) is 20.5 Å². The normalized spacial score (nSPS) is 10.9. The highest BCUT2D eigenvalue weighted by Crippen LogP contribution is 2.16. The van der Waals surface area contributed by atoms with Crippen LogP contribution in [0.4, 0.5) is 6.01 Å². The number of methoxy groups -OCH3 is 1. The van der Waals surface area contributed by atoms with Gasteiger partial charge in [0, 0.05) is 18.4 Å². The molecule has 0 bridgehead atoms. The first-order chi connectivity index (χ1) is 15.0. The molecule has 3 heterocycles. The molecule has 0 aliphatic rings. The Labute approximate surface area is 177 Å². The number of pyridine rings is 2. The van der Waals surface area contributed by atoms with Crippen molar-refractivity contribution in [3.63, 3.8) is 0 Å². The van der Waals surface area contributed by atoms with Gasteiger partial charge in [0.15, 0.2) is 0 Å². The zero-order chi connectivity index (χ0) is 22.0. The Hall–Kier alpha value is -4.01. The zero-order valence-corrected chi connectivity index (χ0v) is 17.4. The van der Waals surface area contributed by atoms with Gasteiger partial charge >= 0.3 is 6.01 Å². The number of nitrogens with one attached hydrogen (secondary N) is 1. The van der Waals surface area contributed by atoms with Crippen LogP contribution in [-0.2, 0) is 13.0 Å². The molecule has 1 amide bonds. The van der Waals surface area contributed by atoms with Gasteiger partial charge in [-0.15, -0.1) is 5.10 Å². The molecule has 0 unspecified atom stereocenters. The van der Waals surface area contributed by atoms with Gasteiger partial charge in [-0.25, -0.2) is 4.98 Å². The minimum absolute atomic E-state index is 0.0186. The summed E-state index contributed by atoms with van der Waals surface area (Å²) in [7, 11) is 1.60. The molecular formula is C22H21N5O4. The molecule has 0 aliphatic heterocycles. The van der Waals surface area contributed by atoms with Crippen molar-refractivity contribution in [1.29, 1.82) is 0 Å². The van der Waals surface area contributed by atoms with Crippen LogP contribution in [0.3, 0.4) is 0 Å². The van der Waals surface area contributed by atoms with Crippen LogP contribution in [0.25, 0.3) is 11.0 Å². The zero-order valence-electron chi connectivity index (χ0n) is 17.4. The molecule has 0 saturated heterocycles. The molecule has 9 nitrogen and oxygen atoms in total. The number of ether oxygens (including phenoxy) is 1. The molecule has 4 rings (SSSR count). The van der Waals surface area contributed by atoms with Crippen LogP contribution in [0.2, 0.25) is 0 Å². The summed E-state index contributed by atoms with van der Waals surface area (Å²) in [6.45, 7) is 4.32. The summed E-state index contributed by atoms with van der Waals surface area (Å²) in [6.07, 6.45) is 1.90. The van der Waals surface area contributed by atoms with Gasteiger partial charge in [-0.1, -0.05) is 17.2 Å². The van der Waals surface area contributed by atoms with Crippen molar-refractivity contribution in [3.05, 3.63) is 75.5 Å². The Morgan fingerprint density at radius 1 is 1.16 bits per heavy atom. The van der Waals surface area contributed by atoms with E-state index in [-0.39, 0.29) is 11.6 Å². The van der Waals surface area contributed by atoms with Crippen LogP contribution < -0.4 is 15.5 Å². The quantitative estimate of drug-likeness (QED) is 0.511. The molecule has 0 radical (unpaired) electrons. The molecule has 4 aromatic rings. The molecule has 1 N–H and O–H groups in total. The standard InChI is InChI=1S/C22H21N5O4/c1-4-27-12-17(19(28)16-10-5-13(2)23-20(16)27)21(29)24-22-26-25-18(31-22)11-14-6-8-15(30-3)9-7-14/h5-10,12H,4,11H2,1-3H3,(H,24,26,29). The third-order valence-corrected chi connectivity index (χ3v) is 4.85. The lowest BCUT2D eigenvalue weighted by molar-refractivity contribution is 0.102. The minimum Gasteiger partial charge on any atom is -0.497 e. The maximum absolute atomic E-state index is 12.8. The van der Waals surface area contributed by atoms with Gasteiger partial charge in [0.05, 0.1) is 18.9 Å². The highest BCUT2D eigenvalue weighted by molar-refractivity contribution is 6.04. The molecule has 9 heteroatoms. The van der Waals surface area contributed by atoms with Crippen molar-refractivity contribution in [2.24, 2.45) is 0 Å². The van der Waals surface area contributed by atoms with Crippen molar-refractivity contribution in [2.75, 3.05) is 12.4 Å². The fourth-order valence-corrected chi connectivity index (χ4v) is 3.22. The van der Waals surface area contributed by atoms with Crippen LogP contribution in [0.15, 0.2) is 51.8 Å². The van der Waals surface area contributed by atoms with E-state index in [1.165, 1.54) is 6.20 Å². The summed E-state index contributed by atoms with van der Waals surface area (Å²) in [5.74, 6) is 0.472. The molecule has 3 aromatic heterocycles. The second-order valence-corrected chi connectivity index (χ2v) is 6.96. The number of hydrogen-bond acceptors (Lipinski definition) is 7. The lowest BCUT2D eigenvalue weighted by atomic mass is 10.1. The van der Waals surface area contributed by atoms with Crippen molar-refractivity contribution < 1.29 is 13.9 Å². The fourth-order valence-electron chi connectivity index (χ4n) is 3.22. The molecule has 0 saturated carbocycles. The van der Waals surface area contributed by atoms with Crippen molar-refractivity contribution in [3.8, 4) is 5.75 Å². The summed E-state index contributed by atoms with van der Waals surface area (Å²) in [5, 5.41) is 10.7. The lowest BCUT2D eigenvalue weighted by Gasteiger charge is -2.10. The van der Waals surface area contributed by atoms with Crippen molar-refractivity contribution >= 4 is 23.0 Å². The predicted molar refractivity (Wildman–Crippen MR) is 114 cm³/mol. The first-order valence-electron chi connectivity index (χ1n) is 9.76. The van der Waals surface area contributed by atoms with Gasteiger partial charge in [0.25, 0.3) is 5.91 Å². The minimum atomic E-state index is -0.616.